The summed E-state index contributed by atoms with van der Waals surface area (Å²) in [5, 5.41) is 11.7. The maximum Gasteiger partial charge on any atom is 0.316 e. The molecule has 0 bridgehead atoms. The molecule has 3 rings (SSSR count). The van der Waals surface area contributed by atoms with Crippen molar-refractivity contribution in [2.45, 2.75) is 35.4 Å². The average Bonchev–Trinajstić information content (AvgIpc) is 3.33. The molecule has 4 nitrogen and oxygen atoms in total. The quantitative estimate of drug-likeness (QED) is 0.717. The van der Waals surface area contributed by atoms with Crippen LogP contribution in [0.1, 0.15) is 35.2 Å². The van der Waals surface area contributed by atoms with Gasteiger partial charge in [-0.15, -0.1) is 11.8 Å². The fourth-order valence-corrected chi connectivity index (χ4v) is 4.01. The molecule has 0 saturated heterocycles. The number of halogens is 2. The zero-order valence-corrected chi connectivity index (χ0v) is 15.5. The summed E-state index contributed by atoms with van der Waals surface area (Å²) < 4.78 is 14.0. The zero-order valence-electron chi connectivity index (χ0n) is 13.9. The summed E-state index contributed by atoms with van der Waals surface area (Å²) in [7, 11) is 0. The van der Waals surface area contributed by atoms with Crippen molar-refractivity contribution >= 4 is 35.2 Å². The largest absolute Gasteiger partial charge is 0.480 e. The Morgan fingerprint density at radius 1 is 1.27 bits per heavy atom. The van der Waals surface area contributed by atoms with Crippen LogP contribution in [-0.4, -0.2) is 28.3 Å². The Balaban J connectivity index is 1.71. The highest BCUT2D eigenvalue weighted by atomic mass is 35.5. The Morgan fingerprint density at radius 2 is 2.00 bits per heavy atom. The van der Waals surface area contributed by atoms with Gasteiger partial charge in [0.2, 0.25) is 0 Å². The van der Waals surface area contributed by atoms with Crippen molar-refractivity contribution in [1.82, 2.24) is 5.32 Å². The number of carboxylic acids is 1. The molecule has 1 aliphatic rings. The number of amides is 1. The normalized spacial score (nSPS) is 19.7. The third-order valence-electron chi connectivity index (χ3n) is 4.26. The van der Waals surface area contributed by atoms with Crippen molar-refractivity contribution < 1.29 is 19.1 Å². The molecular weight excluding hydrogens is 377 g/mol. The van der Waals surface area contributed by atoms with Gasteiger partial charge in [-0.05, 0) is 37.6 Å². The lowest BCUT2D eigenvalue weighted by molar-refractivity contribution is -0.136. The van der Waals surface area contributed by atoms with Gasteiger partial charge in [-0.2, -0.15) is 0 Å². The van der Waals surface area contributed by atoms with E-state index in [9.17, 15) is 14.0 Å². The molecule has 0 heterocycles. The smallest absolute Gasteiger partial charge is 0.316 e. The fourth-order valence-electron chi connectivity index (χ4n) is 2.78. The third kappa shape index (κ3) is 4.02. The summed E-state index contributed by atoms with van der Waals surface area (Å²) in [6, 6.07) is 11.2. The first-order valence-electron chi connectivity index (χ1n) is 8.11. The monoisotopic (exact) mass is 393 g/mol. The molecule has 26 heavy (non-hydrogen) atoms. The molecule has 136 valence electrons. The molecule has 2 N–H and O–H groups in total. The van der Waals surface area contributed by atoms with Crippen molar-refractivity contribution in [3.8, 4) is 0 Å². The van der Waals surface area contributed by atoms with Crippen LogP contribution in [0.15, 0.2) is 47.4 Å². The first kappa shape index (κ1) is 18.7. The number of rotatable bonds is 6. The topological polar surface area (TPSA) is 66.4 Å². The van der Waals surface area contributed by atoms with E-state index in [1.54, 1.807) is 43.3 Å². The van der Waals surface area contributed by atoms with Crippen LogP contribution in [0.25, 0.3) is 0 Å². The van der Waals surface area contributed by atoms with Gasteiger partial charge >= 0.3 is 5.97 Å². The van der Waals surface area contributed by atoms with Crippen molar-refractivity contribution in [3.05, 3.63) is 64.4 Å². The van der Waals surface area contributed by atoms with Crippen molar-refractivity contribution in [2.75, 3.05) is 0 Å². The summed E-state index contributed by atoms with van der Waals surface area (Å²) in [5.74, 6) is -1.76. The number of thioether (sulfide) groups is 1. The molecule has 1 aliphatic carbocycles. The number of hydrogen-bond donors (Lipinski definition) is 2. The number of benzene rings is 2. The van der Waals surface area contributed by atoms with Crippen molar-refractivity contribution in [2.24, 2.45) is 0 Å². The standard InChI is InChI=1S/C19H17ClFNO3S/c1-10(19(24)25)26-16-8-3-2-5-11(16)18(23)22-15-9-12(15)17-13(20)6-4-7-14(17)21/h2-8,10,12,15H,9H2,1H3,(H,22,23)(H,24,25). The van der Waals surface area contributed by atoms with Crippen LogP contribution < -0.4 is 5.32 Å². The van der Waals surface area contributed by atoms with Gasteiger partial charge in [0.15, 0.2) is 0 Å². The third-order valence-corrected chi connectivity index (χ3v) is 5.76. The second-order valence-electron chi connectivity index (χ2n) is 6.15. The summed E-state index contributed by atoms with van der Waals surface area (Å²) in [6.45, 7) is 1.57. The van der Waals surface area contributed by atoms with Gasteiger partial charge < -0.3 is 10.4 Å². The van der Waals surface area contributed by atoms with E-state index >= 15 is 0 Å². The summed E-state index contributed by atoms with van der Waals surface area (Å²) in [4.78, 5) is 24.3. The van der Waals surface area contributed by atoms with E-state index in [1.165, 1.54) is 6.07 Å². The second-order valence-corrected chi connectivity index (χ2v) is 7.94. The molecule has 1 amide bonds. The van der Waals surface area contributed by atoms with E-state index in [-0.39, 0.29) is 23.7 Å². The van der Waals surface area contributed by atoms with Gasteiger partial charge in [-0.25, -0.2) is 4.39 Å². The lowest BCUT2D eigenvalue weighted by Crippen LogP contribution is -2.27. The molecule has 3 unspecified atom stereocenters. The Kier molecular flexibility index (Phi) is 5.53. The highest BCUT2D eigenvalue weighted by Crippen LogP contribution is 2.45. The fraction of sp³-hybridized carbons (Fsp3) is 0.263. The van der Waals surface area contributed by atoms with Crippen LogP contribution in [0.5, 0.6) is 0 Å². The Labute approximate surface area is 159 Å². The van der Waals surface area contributed by atoms with Gasteiger partial charge in [0.25, 0.3) is 5.91 Å². The number of carbonyl (C=O) groups excluding carboxylic acids is 1. The van der Waals surface area contributed by atoms with Crippen molar-refractivity contribution in [3.63, 3.8) is 0 Å². The van der Waals surface area contributed by atoms with Crippen LogP contribution in [0.3, 0.4) is 0 Å². The zero-order chi connectivity index (χ0) is 18.8. The van der Waals surface area contributed by atoms with E-state index in [0.29, 0.717) is 27.5 Å². The lowest BCUT2D eigenvalue weighted by Gasteiger charge is -2.12. The first-order valence-corrected chi connectivity index (χ1v) is 9.37. The number of aliphatic carboxylic acids is 1. The lowest BCUT2D eigenvalue weighted by atomic mass is 10.1. The average molecular weight is 394 g/mol. The molecule has 2 aromatic rings. The molecule has 0 radical (unpaired) electrons. The minimum atomic E-state index is -0.943. The molecule has 1 fully saturated rings. The molecule has 3 atom stereocenters. The predicted octanol–water partition coefficient (Wildman–Crippen LogP) is 4.33. The molecule has 0 spiro atoms. The van der Waals surface area contributed by atoms with Crippen LogP contribution >= 0.6 is 23.4 Å². The Bertz CT molecular complexity index is 840. The molecule has 7 heteroatoms. The first-order chi connectivity index (χ1) is 12.4. The van der Waals surface area contributed by atoms with Gasteiger partial charge in [0.05, 0.1) is 5.56 Å². The predicted molar refractivity (Wildman–Crippen MR) is 99.4 cm³/mol. The highest BCUT2D eigenvalue weighted by molar-refractivity contribution is 8.00. The van der Waals surface area contributed by atoms with E-state index < -0.39 is 11.2 Å². The number of carboxylic acid groups (broad SMARTS) is 1. The second kappa shape index (κ2) is 7.68. The Hall–Kier alpha value is -2.05. The van der Waals surface area contributed by atoms with E-state index in [4.69, 9.17) is 16.7 Å². The maximum absolute atomic E-state index is 14.0. The number of carbonyl (C=O) groups is 2. The molecule has 0 aromatic heterocycles. The van der Waals surface area contributed by atoms with Gasteiger partial charge in [-0.3, -0.25) is 9.59 Å². The van der Waals surface area contributed by atoms with Crippen LogP contribution in [-0.2, 0) is 4.79 Å². The van der Waals surface area contributed by atoms with E-state index in [2.05, 4.69) is 5.32 Å². The minimum Gasteiger partial charge on any atom is -0.480 e. The van der Waals surface area contributed by atoms with Crippen LogP contribution in [0.2, 0.25) is 5.02 Å². The number of hydrogen-bond acceptors (Lipinski definition) is 3. The van der Waals surface area contributed by atoms with Gasteiger partial charge in [0.1, 0.15) is 11.1 Å². The summed E-state index contributed by atoms with van der Waals surface area (Å²) in [6.07, 6.45) is 0.618. The highest BCUT2D eigenvalue weighted by Gasteiger charge is 2.42. The maximum atomic E-state index is 14.0. The van der Waals surface area contributed by atoms with Crippen LogP contribution in [0, 0.1) is 5.82 Å². The van der Waals surface area contributed by atoms with E-state index in [0.717, 1.165) is 11.8 Å². The SMILES string of the molecule is CC(Sc1ccccc1C(=O)NC1CC1c1c(F)cccc1Cl)C(=O)O. The number of nitrogens with one attached hydrogen (secondary N) is 1. The molecule has 0 aliphatic heterocycles. The Morgan fingerprint density at radius 3 is 2.69 bits per heavy atom. The van der Waals surface area contributed by atoms with E-state index in [1.807, 2.05) is 0 Å². The molecular formula is C19H17ClFNO3S. The van der Waals surface area contributed by atoms with Gasteiger partial charge in [-0.1, -0.05) is 29.8 Å². The van der Waals surface area contributed by atoms with Crippen molar-refractivity contribution in [1.29, 1.82) is 0 Å². The summed E-state index contributed by atoms with van der Waals surface area (Å²) >= 11 is 7.20. The minimum absolute atomic E-state index is 0.148. The van der Waals surface area contributed by atoms with Crippen LogP contribution in [0.4, 0.5) is 4.39 Å². The van der Waals surface area contributed by atoms with Gasteiger partial charge in [0, 0.05) is 27.4 Å². The summed E-state index contributed by atoms with van der Waals surface area (Å²) in [5.41, 5.74) is 0.845. The molecule has 1 saturated carbocycles. The molecule has 2 aromatic carbocycles.